The first kappa shape index (κ1) is 11.2. The van der Waals surface area contributed by atoms with E-state index in [1.54, 1.807) is 0 Å². The summed E-state index contributed by atoms with van der Waals surface area (Å²) in [6.45, 7) is 0.878. The topological polar surface area (TPSA) is 55.9 Å². The van der Waals surface area contributed by atoms with E-state index in [0.29, 0.717) is 0 Å². The summed E-state index contributed by atoms with van der Waals surface area (Å²) in [5.41, 5.74) is 7.31. The molecule has 2 saturated carbocycles. The quantitative estimate of drug-likeness (QED) is 0.777. The normalized spacial score (nSPS) is 22.1. The molecule has 0 spiro atoms. The second-order valence-corrected chi connectivity index (χ2v) is 5.66. The van der Waals surface area contributed by atoms with Crippen molar-refractivity contribution in [2.75, 3.05) is 6.54 Å². The molecule has 4 heteroatoms. The van der Waals surface area contributed by atoms with Crippen LogP contribution < -0.4 is 11.1 Å². The molecule has 0 saturated heterocycles. The minimum absolute atomic E-state index is 0.0729. The van der Waals surface area contributed by atoms with Crippen molar-refractivity contribution in [1.29, 1.82) is 0 Å². The van der Waals surface area contributed by atoms with Gasteiger partial charge in [0.2, 0.25) is 0 Å². The maximum atomic E-state index is 6.18. The van der Waals surface area contributed by atoms with Crippen LogP contribution in [0, 0.1) is 11.8 Å². The van der Waals surface area contributed by atoms with Crippen LogP contribution in [0.4, 0.5) is 0 Å². The Bertz CT molecular complexity index is 367. The van der Waals surface area contributed by atoms with Crippen LogP contribution in [0.25, 0.3) is 0 Å². The van der Waals surface area contributed by atoms with Crippen molar-refractivity contribution in [3.8, 4) is 0 Å². The molecular formula is C13H22N4. The van der Waals surface area contributed by atoms with E-state index in [1.165, 1.54) is 25.7 Å². The van der Waals surface area contributed by atoms with E-state index < -0.39 is 0 Å². The van der Waals surface area contributed by atoms with Crippen LogP contribution >= 0.6 is 0 Å². The third-order valence-electron chi connectivity index (χ3n) is 3.99. The summed E-state index contributed by atoms with van der Waals surface area (Å²) in [6, 6.07) is 0.807. The number of hydrogen-bond donors (Lipinski definition) is 2. The molecular weight excluding hydrogens is 212 g/mol. The largest absolute Gasteiger partial charge is 0.323 e. The predicted octanol–water partition coefficient (Wildman–Crippen LogP) is 1.20. The molecule has 2 aliphatic carbocycles. The van der Waals surface area contributed by atoms with Gasteiger partial charge in [-0.3, -0.25) is 4.68 Å². The first-order chi connectivity index (χ1) is 8.24. The van der Waals surface area contributed by atoms with Crippen molar-refractivity contribution >= 4 is 0 Å². The Hall–Kier alpha value is -0.870. The van der Waals surface area contributed by atoms with Crippen molar-refractivity contribution < 1.29 is 0 Å². The molecule has 2 fully saturated rings. The van der Waals surface area contributed by atoms with E-state index in [0.717, 1.165) is 30.0 Å². The maximum absolute atomic E-state index is 6.18. The van der Waals surface area contributed by atoms with Gasteiger partial charge in [0.25, 0.3) is 0 Å². The number of nitrogens with two attached hydrogens (primary N) is 1. The average Bonchev–Trinajstić information content (AvgIpc) is 3.20. The first-order valence-corrected chi connectivity index (χ1v) is 6.71. The van der Waals surface area contributed by atoms with Crippen molar-refractivity contribution in [3.05, 3.63) is 18.0 Å². The highest BCUT2D eigenvalue weighted by Gasteiger charge is 2.41. The number of nitrogens with zero attached hydrogens (tertiary/aromatic N) is 2. The number of rotatable bonds is 6. The fourth-order valence-corrected chi connectivity index (χ4v) is 2.64. The molecule has 1 unspecified atom stereocenters. The van der Waals surface area contributed by atoms with Gasteiger partial charge in [-0.15, -0.1) is 0 Å². The number of hydrogen-bond acceptors (Lipinski definition) is 3. The van der Waals surface area contributed by atoms with Gasteiger partial charge in [-0.2, -0.15) is 5.10 Å². The van der Waals surface area contributed by atoms with Gasteiger partial charge >= 0.3 is 0 Å². The summed E-state index contributed by atoms with van der Waals surface area (Å²) >= 11 is 0. The summed E-state index contributed by atoms with van der Waals surface area (Å²) in [5.74, 6) is 1.87. The lowest BCUT2D eigenvalue weighted by Gasteiger charge is -2.20. The highest BCUT2D eigenvalue weighted by atomic mass is 15.2. The van der Waals surface area contributed by atoms with Gasteiger partial charge in [0.15, 0.2) is 0 Å². The molecule has 4 nitrogen and oxygen atoms in total. The zero-order chi connectivity index (χ0) is 11.8. The molecule has 0 aromatic carbocycles. The molecule has 1 aromatic heterocycles. The molecule has 0 bridgehead atoms. The Balaban J connectivity index is 1.52. The van der Waals surface area contributed by atoms with Crippen molar-refractivity contribution in [1.82, 2.24) is 15.1 Å². The fourth-order valence-electron chi connectivity index (χ4n) is 2.64. The van der Waals surface area contributed by atoms with Gasteiger partial charge in [0.05, 0.1) is 6.20 Å². The van der Waals surface area contributed by atoms with Gasteiger partial charge in [0, 0.05) is 37.4 Å². The van der Waals surface area contributed by atoms with Gasteiger partial charge in [-0.05, 0) is 37.5 Å². The second-order valence-electron chi connectivity index (χ2n) is 5.66. The monoisotopic (exact) mass is 234 g/mol. The summed E-state index contributed by atoms with van der Waals surface area (Å²) < 4.78 is 1.81. The van der Waals surface area contributed by atoms with Gasteiger partial charge in [-0.25, -0.2) is 0 Å². The SMILES string of the molecule is Cn1cc(C(N)CNC(C2CC2)C2CC2)cn1. The summed E-state index contributed by atoms with van der Waals surface area (Å²) in [5, 5.41) is 7.86. The standard InChI is InChI=1S/C13H22N4/c1-17-8-11(6-16-17)12(14)7-15-13(9-2-3-9)10-4-5-10/h6,8-10,12-13,15H,2-5,7,14H2,1H3. The molecule has 0 aliphatic heterocycles. The van der Waals surface area contributed by atoms with Crippen LogP contribution in [-0.4, -0.2) is 22.4 Å². The van der Waals surface area contributed by atoms with Crippen molar-refractivity contribution in [2.24, 2.45) is 24.6 Å². The Morgan fingerprint density at radius 2 is 2.06 bits per heavy atom. The summed E-state index contributed by atoms with van der Waals surface area (Å²) in [4.78, 5) is 0. The highest BCUT2D eigenvalue weighted by Crippen LogP contribution is 2.44. The Morgan fingerprint density at radius 3 is 2.53 bits per heavy atom. The van der Waals surface area contributed by atoms with Gasteiger partial charge in [-0.1, -0.05) is 0 Å². The van der Waals surface area contributed by atoms with E-state index in [2.05, 4.69) is 10.4 Å². The molecule has 1 heterocycles. The van der Waals surface area contributed by atoms with Crippen LogP contribution in [0.15, 0.2) is 12.4 Å². The zero-order valence-electron chi connectivity index (χ0n) is 10.5. The van der Waals surface area contributed by atoms with E-state index in [1.807, 2.05) is 24.1 Å². The average molecular weight is 234 g/mol. The molecule has 17 heavy (non-hydrogen) atoms. The van der Waals surface area contributed by atoms with E-state index in [9.17, 15) is 0 Å². The van der Waals surface area contributed by atoms with Crippen molar-refractivity contribution in [2.45, 2.75) is 37.8 Å². The summed E-state index contributed by atoms with van der Waals surface area (Å²) in [7, 11) is 1.93. The minimum Gasteiger partial charge on any atom is -0.323 e. The number of nitrogens with one attached hydrogen (secondary N) is 1. The lowest BCUT2D eigenvalue weighted by atomic mass is 10.1. The molecule has 1 atom stereocenters. The molecule has 3 N–H and O–H groups in total. The molecule has 3 rings (SSSR count). The minimum atomic E-state index is 0.0729. The second kappa shape index (κ2) is 4.42. The third-order valence-corrected chi connectivity index (χ3v) is 3.99. The van der Waals surface area contributed by atoms with Crippen LogP contribution in [0.5, 0.6) is 0 Å². The van der Waals surface area contributed by atoms with E-state index in [4.69, 9.17) is 5.73 Å². The Morgan fingerprint density at radius 1 is 1.41 bits per heavy atom. The van der Waals surface area contributed by atoms with Crippen LogP contribution in [0.1, 0.15) is 37.3 Å². The van der Waals surface area contributed by atoms with Crippen LogP contribution in [0.2, 0.25) is 0 Å². The third kappa shape index (κ3) is 2.69. The molecule has 1 aromatic rings. The van der Waals surface area contributed by atoms with Gasteiger partial charge < -0.3 is 11.1 Å². The lowest BCUT2D eigenvalue weighted by Crippen LogP contribution is -2.38. The van der Waals surface area contributed by atoms with Crippen LogP contribution in [-0.2, 0) is 7.05 Å². The maximum Gasteiger partial charge on any atom is 0.0537 e. The molecule has 94 valence electrons. The first-order valence-electron chi connectivity index (χ1n) is 6.71. The van der Waals surface area contributed by atoms with Crippen LogP contribution in [0.3, 0.4) is 0 Å². The molecule has 0 radical (unpaired) electrons. The number of aryl methyl sites for hydroxylation is 1. The zero-order valence-corrected chi connectivity index (χ0v) is 10.5. The highest BCUT2D eigenvalue weighted by molar-refractivity contribution is 5.10. The smallest absolute Gasteiger partial charge is 0.0537 e. The number of aromatic nitrogens is 2. The van der Waals surface area contributed by atoms with E-state index in [-0.39, 0.29) is 6.04 Å². The Kier molecular flexibility index (Phi) is 2.92. The van der Waals surface area contributed by atoms with E-state index >= 15 is 0 Å². The summed E-state index contributed by atoms with van der Waals surface area (Å²) in [6.07, 6.45) is 9.53. The Labute approximate surface area is 103 Å². The van der Waals surface area contributed by atoms with Gasteiger partial charge in [0.1, 0.15) is 0 Å². The fraction of sp³-hybridized carbons (Fsp3) is 0.769. The molecule has 0 amide bonds. The predicted molar refractivity (Wildman–Crippen MR) is 67.4 cm³/mol. The lowest BCUT2D eigenvalue weighted by molar-refractivity contribution is 0.403. The van der Waals surface area contributed by atoms with Crippen molar-refractivity contribution in [3.63, 3.8) is 0 Å². The molecule has 2 aliphatic rings.